The van der Waals surface area contributed by atoms with Gasteiger partial charge in [-0.1, -0.05) is 42.5 Å². The Morgan fingerprint density at radius 2 is 1.86 bits per heavy atom. The van der Waals surface area contributed by atoms with Crippen molar-refractivity contribution in [2.24, 2.45) is 0 Å². The monoisotopic (exact) mass is 308 g/mol. The van der Waals surface area contributed by atoms with Gasteiger partial charge in [0.25, 0.3) is 0 Å². The summed E-state index contributed by atoms with van der Waals surface area (Å²) in [5.41, 5.74) is 4.41. The number of rotatable bonds is 1. The van der Waals surface area contributed by atoms with Crippen LogP contribution in [0.3, 0.4) is 0 Å². The molecule has 2 aliphatic heterocycles. The lowest BCUT2D eigenvalue weighted by Crippen LogP contribution is -2.19. The van der Waals surface area contributed by atoms with Crippen molar-refractivity contribution in [2.45, 2.75) is 29.8 Å². The highest BCUT2D eigenvalue weighted by Gasteiger charge is 2.36. The van der Waals surface area contributed by atoms with Crippen LogP contribution in [0, 0.1) is 0 Å². The molecule has 1 fully saturated rings. The van der Waals surface area contributed by atoms with Crippen LogP contribution in [-0.4, -0.2) is 14.7 Å². The molecule has 0 aliphatic carbocycles. The molecule has 2 aliphatic rings. The van der Waals surface area contributed by atoms with E-state index in [0.29, 0.717) is 5.25 Å². The van der Waals surface area contributed by atoms with E-state index >= 15 is 0 Å². The summed E-state index contributed by atoms with van der Waals surface area (Å²) < 4.78 is 18.3. The highest BCUT2D eigenvalue weighted by atomic mass is 32.2. The minimum absolute atomic E-state index is 0.244. The number of para-hydroxylation sites is 2. The van der Waals surface area contributed by atoms with E-state index < -0.39 is 10.8 Å². The molecule has 2 aromatic carbocycles. The van der Waals surface area contributed by atoms with Crippen LogP contribution in [0.4, 0.5) is 0 Å². The first-order valence-electron chi connectivity index (χ1n) is 7.82. The van der Waals surface area contributed by atoms with E-state index in [9.17, 15) is 4.21 Å². The standard InChI is InChI=1S/C19H16O2S/c20-22-13-8-9-14(22)11-12(10-13)15-5-3-6-17-16-4-1-2-7-18(16)21-19(15)17/h1-7,10,13-14H,8-9,11H2. The SMILES string of the molecule is O=S1C2C=C(c3cccc4c3oc3ccccc34)CC1CC2. The first-order valence-corrected chi connectivity index (χ1v) is 9.09. The maximum atomic E-state index is 12.2. The van der Waals surface area contributed by atoms with Crippen molar-refractivity contribution < 1.29 is 8.63 Å². The van der Waals surface area contributed by atoms with Gasteiger partial charge in [0.1, 0.15) is 11.2 Å². The van der Waals surface area contributed by atoms with E-state index in [1.165, 1.54) is 21.9 Å². The van der Waals surface area contributed by atoms with E-state index in [4.69, 9.17) is 4.42 Å². The van der Waals surface area contributed by atoms with Crippen molar-refractivity contribution >= 4 is 38.3 Å². The summed E-state index contributed by atoms with van der Waals surface area (Å²) in [4.78, 5) is 0. The number of furan rings is 1. The normalized spacial score (nSPS) is 27.5. The van der Waals surface area contributed by atoms with Crippen molar-refractivity contribution in [3.63, 3.8) is 0 Å². The van der Waals surface area contributed by atoms with E-state index in [-0.39, 0.29) is 5.25 Å². The second-order valence-corrected chi connectivity index (χ2v) is 8.17. The topological polar surface area (TPSA) is 30.2 Å². The molecule has 0 N–H and O–H groups in total. The quantitative estimate of drug-likeness (QED) is 0.655. The Bertz CT molecular complexity index is 950. The van der Waals surface area contributed by atoms with Gasteiger partial charge in [0.05, 0.1) is 5.25 Å². The van der Waals surface area contributed by atoms with Gasteiger partial charge < -0.3 is 4.42 Å². The number of allylic oxidation sites excluding steroid dienone is 1. The minimum Gasteiger partial charge on any atom is -0.455 e. The maximum absolute atomic E-state index is 12.2. The molecule has 110 valence electrons. The molecule has 3 heteroatoms. The fourth-order valence-electron chi connectivity index (χ4n) is 3.90. The lowest BCUT2D eigenvalue weighted by atomic mass is 9.98. The van der Waals surface area contributed by atoms with Gasteiger partial charge in [-0.3, -0.25) is 4.21 Å². The van der Waals surface area contributed by atoms with Gasteiger partial charge in [0, 0.05) is 32.4 Å². The van der Waals surface area contributed by atoms with Crippen LogP contribution in [0.25, 0.3) is 27.5 Å². The average Bonchev–Trinajstić information content (AvgIpc) is 2.99. The number of hydrogen-bond donors (Lipinski definition) is 0. The molecule has 2 nitrogen and oxygen atoms in total. The van der Waals surface area contributed by atoms with E-state index in [1.54, 1.807) is 0 Å². The molecule has 3 heterocycles. The molecule has 1 saturated heterocycles. The van der Waals surface area contributed by atoms with Crippen molar-refractivity contribution in [1.29, 1.82) is 0 Å². The molecule has 3 aromatic rings. The third-order valence-corrected chi connectivity index (χ3v) is 7.01. The average molecular weight is 308 g/mol. The summed E-state index contributed by atoms with van der Waals surface area (Å²) in [7, 11) is -0.669. The molecule has 3 atom stereocenters. The first kappa shape index (κ1) is 12.7. The minimum atomic E-state index is -0.669. The van der Waals surface area contributed by atoms with Gasteiger partial charge >= 0.3 is 0 Å². The summed E-state index contributed by atoms with van der Waals surface area (Å²) in [5.74, 6) is 0. The van der Waals surface area contributed by atoms with Crippen LogP contribution in [0.2, 0.25) is 0 Å². The van der Waals surface area contributed by atoms with E-state index in [1.807, 2.05) is 18.2 Å². The van der Waals surface area contributed by atoms with Crippen molar-refractivity contribution in [3.8, 4) is 0 Å². The van der Waals surface area contributed by atoms with Crippen LogP contribution in [0.1, 0.15) is 24.8 Å². The molecule has 0 amide bonds. The first-order chi connectivity index (χ1) is 10.8. The zero-order valence-electron chi connectivity index (χ0n) is 12.1. The van der Waals surface area contributed by atoms with Crippen molar-refractivity contribution in [1.82, 2.24) is 0 Å². The van der Waals surface area contributed by atoms with Gasteiger partial charge in [0.2, 0.25) is 0 Å². The fourth-order valence-corrected chi connectivity index (χ4v) is 5.78. The van der Waals surface area contributed by atoms with Gasteiger partial charge in [-0.2, -0.15) is 0 Å². The highest BCUT2D eigenvalue weighted by molar-refractivity contribution is 7.86. The molecule has 0 spiro atoms. The van der Waals surface area contributed by atoms with Crippen molar-refractivity contribution in [2.75, 3.05) is 0 Å². The second kappa shape index (κ2) is 4.56. The predicted molar refractivity (Wildman–Crippen MR) is 91.3 cm³/mol. The summed E-state index contributed by atoms with van der Waals surface area (Å²) in [5, 5.41) is 2.92. The zero-order valence-corrected chi connectivity index (χ0v) is 12.9. The molecule has 1 aromatic heterocycles. The van der Waals surface area contributed by atoms with E-state index in [0.717, 1.165) is 30.4 Å². The maximum Gasteiger partial charge on any atom is 0.142 e. The lowest BCUT2D eigenvalue weighted by molar-refractivity contribution is 0.665. The summed E-state index contributed by atoms with van der Waals surface area (Å²) in [6, 6.07) is 14.6. The molecule has 22 heavy (non-hydrogen) atoms. The Labute approximate surface area is 131 Å². The smallest absolute Gasteiger partial charge is 0.142 e. The molecule has 3 unspecified atom stereocenters. The summed E-state index contributed by atoms with van der Waals surface area (Å²) in [6.07, 6.45) is 5.31. The number of benzene rings is 2. The lowest BCUT2D eigenvalue weighted by Gasteiger charge is -2.19. The summed E-state index contributed by atoms with van der Waals surface area (Å²) in [6.45, 7) is 0. The van der Waals surface area contributed by atoms with Crippen LogP contribution in [0.5, 0.6) is 0 Å². The van der Waals surface area contributed by atoms with Gasteiger partial charge in [-0.05, 0) is 30.9 Å². The van der Waals surface area contributed by atoms with Gasteiger partial charge in [-0.25, -0.2) is 0 Å². The van der Waals surface area contributed by atoms with Crippen LogP contribution in [0.15, 0.2) is 53.0 Å². The number of fused-ring (bicyclic) bond motifs is 5. The molecule has 0 radical (unpaired) electrons. The third-order valence-electron chi connectivity index (χ3n) is 4.98. The Morgan fingerprint density at radius 3 is 2.77 bits per heavy atom. The third kappa shape index (κ3) is 1.69. The molecule has 5 rings (SSSR count). The molecule has 2 bridgehead atoms. The van der Waals surface area contributed by atoms with E-state index in [2.05, 4.69) is 30.3 Å². The predicted octanol–water partition coefficient (Wildman–Crippen LogP) is 4.65. The van der Waals surface area contributed by atoms with Crippen LogP contribution >= 0.6 is 0 Å². The Hall–Kier alpha value is -1.87. The summed E-state index contributed by atoms with van der Waals surface area (Å²) >= 11 is 0. The van der Waals surface area contributed by atoms with Gasteiger partial charge in [0.15, 0.2) is 0 Å². The zero-order chi connectivity index (χ0) is 14.7. The largest absolute Gasteiger partial charge is 0.455 e. The molecular weight excluding hydrogens is 292 g/mol. The highest BCUT2D eigenvalue weighted by Crippen LogP contribution is 2.41. The molecular formula is C19H16O2S. The van der Waals surface area contributed by atoms with Gasteiger partial charge in [-0.15, -0.1) is 0 Å². The Kier molecular flexibility index (Phi) is 2.62. The fraction of sp³-hybridized carbons (Fsp3) is 0.263. The van der Waals surface area contributed by atoms with Crippen LogP contribution in [-0.2, 0) is 10.8 Å². The van der Waals surface area contributed by atoms with Crippen molar-refractivity contribution in [3.05, 3.63) is 54.1 Å². The van der Waals surface area contributed by atoms with Crippen LogP contribution < -0.4 is 0 Å². The molecule has 0 saturated carbocycles. The number of hydrogen-bond acceptors (Lipinski definition) is 2. The second-order valence-electron chi connectivity index (χ2n) is 6.24. The Balaban J connectivity index is 1.75. The Morgan fingerprint density at radius 1 is 1.00 bits per heavy atom.